The Labute approximate surface area is 180 Å². The van der Waals surface area contributed by atoms with Crippen molar-refractivity contribution in [2.45, 2.75) is 89.4 Å². The molecule has 7 heteroatoms. The molecule has 1 aromatic carbocycles. The first-order chi connectivity index (χ1) is 14.0. The van der Waals surface area contributed by atoms with Gasteiger partial charge in [0.15, 0.2) is 25.6 Å². The lowest BCUT2D eigenvalue weighted by molar-refractivity contribution is -0.152. The molecular weight excluding hydrogens is 398 g/mol. The quantitative estimate of drug-likeness (QED) is 0.709. The molecule has 0 aromatic heterocycles. The standard InChI is InChI=1S/C23H33NO5Si/c1-22(2,3)30(6,7)29-18-10-15-14-9-17-16(25-12-26-17)8-13(14)11-24-19(15)21-20(18)27-23(4,5)28-21/h8-10,18-21,24H,11-12H2,1-7H3/t18-,19+,20+,21-/m0/s1. The Bertz CT molecular complexity index is 904. The average Bonchev–Trinajstić information content (AvgIpc) is 3.21. The van der Waals surface area contributed by atoms with E-state index in [9.17, 15) is 0 Å². The van der Waals surface area contributed by atoms with Crippen molar-refractivity contribution in [3.8, 4) is 11.5 Å². The molecule has 0 saturated carbocycles. The summed E-state index contributed by atoms with van der Waals surface area (Å²) >= 11 is 0. The molecule has 4 atom stereocenters. The van der Waals surface area contributed by atoms with Crippen LogP contribution in [0.15, 0.2) is 18.2 Å². The van der Waals surface area contributed by atoms with Crippen LogP contribution in [-0.2, 0) is 20.4 Å². The lowest BCUT2D eigenvalue weighted by atomic mass is 9.80. The minimum absolute atomic E-state index is 0.0592. The molecule has 0 radical (unpaired) electrons. The third kappa shape index (κ3) is 3.22. The summed E-state index contributed by atoms with van der Waals surface area (Å²) in [6, 6.07) is 4.26. The largest absolute Gasteiger partial charge is 0.454 e. The van der Waals surface area contributed by atoms with Crippen LogP contribution in [0.4, 0.5) is 0 Å². The summed E-state index contributed by atoms with van der Waals surface area (Å²) in [5.74, 6) is 0.993. The Morgan fingerprint density at radius 2 is 1.73 bits per heavy atom. The Hall–Kier alpha value is -1.38. The lowest BCUT2D eigenvalue weighted by Crippen LogP contribution is -2.57. The van der Waals surface area contributed by atoms with Gasteiger partial charge in [-0.15, -0.1) is 0 Å². The van der Waals surface area contributed by atoms with Gasteiger partial charge >= 0.3 is 0 Å². The van der Waals surface area contributed by atoms with Crippen LogP contribution in [0.1, 0.15) is 45.7 Å². The fourth-order valence-corrected chi connectivity index (χ4v) is 5.84. The van der Waals surface area contributed by atoms with Gasteiger partial charge in [0.1, 0.15) is 12.2 Å². The van der Waals surface area contributed by atoms with Crippen molar-refractivity contribution in [1.82, 2.24) is 5.32 Å². The van der Waals surface area contributed by atoms with Gasteiger partial charge in [0.05, 0.1) is 12.1 Å². The van der Waals surface area contributed by atoms with Crippen molar-refractivity contribution in [3.05, 3.63) is 29.3 Å². The molecule has 0 unspecified atom stereocenters. The van der Waals surface area contributed by atoms with E-state index in [2.05, 4.69) is 57.4 Å². The minimum Gasteiger partial charge on any atom is -0.454 e. The van der Waals surface area contributed by atoms with Gasteiger partial charge < -0.3 is 28.7 Å². The molecule has 1 N–H and O–H groups in total. The topological polar surface area (TPSA) is 58.2 Å². The van der Waals surface area contributed by atoms with Crippen LogP contribution in [-0.4, -0.2) is 45.3 Å². The van der Waals surface area contributed by atoms with Crippen molar-refractivity contribution in [1.29, 1.82) is 0 Å². The van der Waals surface area contributed by atoms with Crippen LogP contribution in [0.25, 0.3) is 5.57 Å². The highest BCUT2D eigenvalue weighted by Crippen LogP contribution is 2.47. The zero-order valence-corrected chi connectivity index (χ0v) is 20.0. The Kier molecular flexibility index (Phi) is 4.49. The molecule has 30 heavy (non-hydrogen) atoms. The molecule has 1 saturated heterocycles. The first-order valence-electron chi connectivity index (χ1n) is 10.9. The average molecular weight is 432 g/mol. The SMILES string of the molecule is CC1(C)O[C@@H]2[C@H](O1)[C@@H](O[Si](C)(C)C(C)(C)C)C=C1c3cc4c(cc3CN[C@H]12)OCO4. The van der Waals surface area contributed by atoms with E-state index in [0.717, 1.165) is 18.0 Å². The third-order valence-corrected chi connectivity index (χ3v) is 11.6. The molecule has 1 aromatic rings. The summed E-state index contributed by atoms with van der Waals surface area (Å²) in [6.45, 7) is 16.4. The number of benzene rings is 1. The van der Waals surface area contributed by atoms with Crippen molar-refractivity contribution in [2.24, 2.45) is 0 Å². The molecular formula is C23H33NO5Si. The first kappa shape index (κ1) is 20.5. The van der Waals surface area contributed by atoms with Gasteiger partial charge in [-0.2, -0.15) is 0 Å². The number of ether oxygens (including phenoxy) is 4. The van der Waals surface area contributed by atoms with Gasteiger partial charge in [0.2, 0.25) is 6.79 Å². The highest BCUT2D eigenvalue weighted by atomic mass is 28.4. The Morgan fingerprint density at radius 3 is 2.43 bits per heavy atom. The monoisotopic (exact) mass is 431 g/mol. The maximum atomic E-state index is 6.88. The minimum atomic E-state index is -2.01. The van der Waals surface area contributed by atoms with Crippen LogP contribution < -0.4 is 14.8 Å². The van der Waals surface area contributed by atoms with E-state index in [4.69, 9.17) is 23.4 Å². The number of hydrogen-bond acceptors (Lipinski definition) is 6. The summed E-state index contributed by atoms with van der Waals surface area (Å²) < 4.78 is 30.9. The normalized spacial score (nSPS) is 31.6. The van der Waals surface area contributed by atoms with E-state index in [-0.39, 0.29) is 36.2 Å². The zero-order chi connectivity index (χ0) is 21.5. The molecule has 164 valence electrons. The molecule has 6 nitrogen and oxygen atoms in total. The summed E-state index contributed by atoms with van der Waals surface area (Å²) in [5.41, 5.74) is 3.61. The van der Waals surface area contributed by atoms with Gasteiger partial charge in [-0.3, -0.25) is 0 Å². The fraction of sp³-hybridized carbons (Fsp3) is 0.652. The molecule has 0 bridgehead atoms. The second-order valence-electron chi connectivity index (χ2n) is 10.8. The van der Waals surface area contributed by atoms with E-state index in [1.54, 1.807) is 0 Å². The highest BCUT2D eigenvalue weighted by Gasteiger charge is 2.54. The van der Waals surface area contributed by atoms with E-state index in [0.29, 0.717) is 0 Å². The smallest absolute Gasteiger partial charge is 0.231 e. The molecule has 4 aliphatic rings. The fourth-order valence-electron chi connectivity index (χ4n) is 4.60. The first-order valence-corrected chi connectivity index (χ1v) is 13.8. The van der Waals surface area contributed by atoms with Crippen LogP contribution in [0.3, 0.4) is 0 Å². The summed E-state index contributed by atoms with van der Waals surface area (Å²) in [5, 5.41) is 3.79. The Balaban J connectivity index is 1.58. The second-order valence-corrected chi connectivity index (χ2v) is 15.5. The molecule has 3 aliphatic heterocycles. The van der Waals surface area contributed by atoms with Crippen LogP contribution in [0.2, 0.25) is 18.1 Å². The number of nitrogens with one attached hydrogen (secondary N) is 1. The lowest BCUT2D eigenvalue weighted by Gasteiger charge is -2.45. The summed E-state index contributed by atoms with van der Waals surface area (Å²) in [6.07, 6.45) is 1.88. The molecule has 0 spiro atoms. The van der Waals surface area contributed by atoms with Gasteiger partial charge in [-0.25, -0.2) is 0 Å². The van der Waals surface area contributed by atoms with Crippen LogP contribution >= 0.6 is 0 Å². The highest BCUT2D eigenvalue weighted by molar-refractivity contribution is 6.74. The van der Waals surface area contributed by atoms with Gasteiger partial charge in [-0.1, -0.05) is 20.8 Å². The van der Waals surface area contributed by atoms with Crippen LogP contribution in [0.5, 0.6) is 11.5 Å². The molecule has 3 heterocycles. The van der Waals surface area contributed by atoms with Crippen LogP contribution in [0, 0.1) is 0 Å². The van der Waals surface area contributed by atoms with E-state index >= 15 is 0 Å². The predicted octanol–water partition coefficient (Wildman–Crippen LogP) is 4.19. The second kappa shape index (κ2) is 6.56. The maximum absolute atomic E-state index is 6.88. The number of rotatable bonds is 2. The molecule has 1 fully saturated rings. The molecule has 1 aliphatic carbocycles. The maximum Gasteiger partial charge on any atom is 0.231 e. The van der Waals surface area contributed by atoms with Gasteiger partial charge in [-0.05, 0) is 66.9 Å². The van der Waals surface area contributed by atoms with Gasteiger partial charge in [0, 0.05) is 6.54 Å². The summed E-state index contributed by atoms with van der Waals surface area (Å²) in [4.78, 5) is 0. The summed E-state index contributed by atoms with van der Waals surface area (Å²) in [7, 11) is -2.01. The molecule has 5 rings (SSSR count). The molecule has 0 amide bonds. The van der Waals surface area contributed by atoms with Crippen molar-refractivity contribution < 1.29 is 23.4 Å². The van der Waals surface area contributed by atoms with E-state index < -0.39 is 14.1 Å². The number of fused-ring (bicyclic) bond motifs is 6. The van der Waals surface area contributed by atoms with E-state index in [1.807, 2.05) is 13.8 Å². The van der Waals surface area contributed by atoms with Crippen molar-refractivity contribution >= 4 is 13.9 Å². The Morgan fingerprint density at radius 1 is 1.07 bits per heavy atom. The zero-order valence-electron chi connectivity index (χ0n) is 19.0. The van der Waals surface area contributed by atoms with Crippen molar-refractivity contribution in [3.63, 3.8) is 0 Å². The van der Waals surface area contributed by atoms with Gasteiger partial charge in [0.25, 0.3) is 0 Å². The number of hydrogen-bond donors (Lipinski definition) is 1. The third-order valence-electron chi connectivity index (χ3n) is 7.15. The van der Waals surface area contributed by atoms with Crippen molar-refractivity contribution in [2.75, 3.05) is 6.79 Å². The predicted molar refractivity (Wildman–Crippen MR) is 117 cm³/mol. The van der Waals surface area contributed by atoms with E-state index in [1.165, 1.54) is 16.7 Å².